The molecule has 96 valence electrons. The SMILES string of the molecule is CC(C)CCOCCOc1ccc(F)cc1Br. The Bertz CT molecular complexity index is 342. The summed E-state index contributed by atoms with van der Waals surface area (Å²) in [6.45, 7) is 6.11. The highest BCUT2D eigenvalue weighted by Crippen LogP contribution is 2.25. The molecular weight excluding hydrogens is 287 g/mol. The summed E-state index contributed by atoms with van der Waals surface area (Å²) in [4.78, 5) is 0. The Morgan fingerprint density at radius 2 is 2.00 bits per heavy atom. The number of ether oxygens (including phenoxy) is 2. The first-order chi connectivity index (χ1) is 8.09. The zero-order chi connectivity index (χ0) is 12.7. The van der Waals surface area contributed by atoms with E-state index in [1.807, 2.05) is 0 Å². The Morgan fingerprint density at radius 3 is 2.65 bits per heavy atom. The number of rotatable bonds is 7. The summed E-state index contributed by atoms with van der Waals surface area (Å²) in [5, 5.41) is 0. The molecule has 0 fully saturated rings. The third-order valence-corrected chi connectivity index (χ3v) is 2.84. The van der Waals surface area contributed by atoms with Crippen LogP contribution in [-0.4, -0.2) is 19.8 Å². The molecule has 0 heterocycles. The normalized spacial score (nSPS) is 10.9. The van der Waals surface area contributed by atoms with Gasteiger partial charge in [0.05, 0.1) is 11.1 Å². The minimum Gasteiger partial charge on any atom is -0.490 e. The first-order valence-electron chi connectivity index (χ1n) is 5.75. The van der Waals surface area contributed by atoms with E-state index in [1.165, 1.54) is 12.1 Å². The van der Waals surface area contributed by atoms with Crippen LogP contribution in [-0.2, 0) is 4.74 Å². The van der Waals surface area contributed by atoms with Gasteiger partial charge in [-0.25, -0.2) is 4.39 Å². The molecule has 0 aliphatic carbocycles. The van der Waals surface area contributed by atoms with E-state index in [0.29, 0.717) is 29.4 Å². The molecule has 4 heteroatoms. The molecule has 2 nitrogen and oxygen atoms in total. The largest absolute Gasteiger partial charge is 0.490 e. The standard InChI is InChI=1S/C13H18BrFO2/c1-10(2)5-6-16-7-8-17-13-4-3-11(15)9-12(13)14/h3-4,9-10H,5-8H2,1-2H3. The minimum absolute atomic E-state index is 0.280. The average molecular weight is 305 g/mol. The quantitative estimate of drug-likeness (QED) is 0.708. The van der Waals surface area contributed by atoms with Crippen LogP contribution >= 0.6 is 15.9 Å². The summed E-state index contributed by atoms with van der Waals surface area (Å²) >= 11 is 3.24. The third kappa shape index (κ3) is 6.03. The van der Waals surface area contributed by atoms with Crippen molar-refractivity contribution in [1.82, 2.24) is 0 Å². The molecule has 0 amide bonds. The zero-order valence-electron chi connectivity index (χ0n) is 10.2. The van der Waals surface area contributed by atoms with E-state index in [-0.39, 0.29) is 5.82 Å². The molecule has 0 aromatic heterocycles. The summed E-state index contributed by atoms with van der Waals surface area (Å²) in [7, 11) is 0. The Morgan fingerprint density at radius 1 is 1.24 bits per heavy atom. The monoisotopic (exact) mass is 304 g/mol. The topological polar surface area (TPSA) is 18.5 Å². The molecule has 0 aliphatic heterocycles. The predicted octanol–water partition coefficient (Wildman–Crippen LogP) is 4.03. The fourth-order valence-electron chi connectivity index (χ4n) is 1.22. The van der Waals surface area contributed by atoms with Crippen molar-refractivity contribution >= 4 is 15.9 Å². The highest BCUT2D eigenvalue weighted by molar-refractivity contribution is 9.10. The highest BCUT2D eigenvalue weighted by Gasteiger charge is 2.02. The first kappa shape index (κ1) is 14.5. The fraction of sp³-hybridized carbons (Fsp3) is 0.538. The number of hydrogen-bond acceptors (Lipinski definition) is 2. The maximum atomic E-state index is 12.8. The van der Waals surface area contributed by atoms with Crippen LogP contribution in [0.2, 0.25) is 0 Å². The van der Waals surface area contributed by atoms with Crippen molar-refractivity contribution in [2.75, 3.05) is 19.8 Å². The molecule has 1 rings (SSSR count). The van der Waals surface area contributed by atoms with Gasteiger partial charge in [-0.1, -0.05) is 13.8 Å². The lowest BCUT2D eigenvalue weighted by molar-refractivity contribution is 0.0923. The van der Waals surface area contributed by atoms with E-state index in [2.05, 4.69) is 29.8 Å². The van der Waals surface area contributed by atoms with E-state index in [9.17, 15) is 4.39 Å². The van der Waals surface area contributed by atoms with E-state index >= 15 is 0 Å². The van der Waals surface area contributed by atoms with Crippen molar-refractivity contribution in [3.8, 4) is 5.75 Å². The number of benzene rings is 1. The third-order valence-electron chi connectivity index (χ3n) is 2.22. The van der Waals surface area contributed by atoms with Crippen LogP contribution in [0.3, 0.4) is 0 Å². The van der Waals surface area contributed by atoms with Crippen molar-refractivity contribution in [3.63, 3.8) is 0 Å². The van der Waals surface area contributed by atoms with E-state index in [4.69, 9.17) is 9.47 Å². The van der Waals surface area contributed by atoms with Crippen molar-refractivity contribution in [2.45, 2.75) is 20.3 Å². The molecule has 0 N–H and O–H groups in total. The van der Waals surface area contributed by atoms with Gasteiger partial charge in [-0.3, -0.25) is 0 Å². The molecule has 0 saturated carbocycles. The Balaban J connectivity index is 2.18. The summed E-state index contributed by atoms with van der Waals surface area (Å²) < 4.78 is 24.3. The van der Waals surface area contributed by atoms with Gasteiger partial charge in [0.25, 0.3) is 0 Å². The van der Waals surface area contributed by atoms with Gasteiger partial charge in [0.15, 0.2) is 0 Å². The van der Waals surface area contributed by atoms with Crippen molar-refractivity contribution in [1.29, 1.82) is 0 Å². The van der Waals surface area contributed by atoms with Crippen LogP contribution in [0.25, 0.3) is 0 Å². The molecule has 1 aromatic rings. The van der Waals surface area contributed by atoms with Crippen molar-refractivity contribution in [2.24, 2.45) is 5.92 Å². The summed E-state index contributed by atoms with van der Waals surface area (Å²) in [6, 6.07) is 4.36. The van der Waals surface area contributed by atoms with Gasteiger partial charge < -0.3 is 9.47 Å². The minimum atomic E-state index is -0.280. The molecular formula is C13H18BrFO2. The Hall–Kier alpha value is -0.610. The first-order valence-corrected chi connectivity index (χ1v) is 6.54. The second-order valence-electron chi connectivity index (χ2n) is 4.22. The van der Waals surface area contributed by atoms with Crippen molar-refractivity contribution < 1.29 is 13.9 Å². The molecule has 17 heavy (non-hydrogen) atoms. The Kier molecular flexibility index (Phi) is 6.52. The average Bonchev–Trinajstić information content (AvgIpc) is 2.25. The number of halogens is 2. The lowest BCUT2D eigenvalue weighted by Gasteiger charge is -2.09. The molecule has 0 saturated heterocycles. The predicted molar refractivity (Wildman–Crippen MR) is 69.9 cm³/mol. The molecule has 1 aromatic carbocycles. The van der Waals surface area contributed by atoms with Crippen LogP contribution in [0.5, 0.6) is 5.75 Å². The van der Waals surface area contributed by atoms with Crippen LogP contribution in [0.4, 0.5) is 4.39 Å². The second kappa shape index (κ2) is 7.67. The Labute approximate surface area is 110 Å². The molecule has 0 unspecified atom stereocenters. The summed E-state index contributed by atoms with van der Waals surface area (Å²) in [6.07, 6.45) is 1.06. The van der Waals surface area contributed by atoms with Gasteiger partial charge >= 0.3 is 0 Å². The summed E-state index contributed by atoms with van der Waals surface area (Å²) in [5.41, 5.74) is 0. The number of hydrogen-bond donors (Lipinski definition) is 0. The van der Waals surface area contributed by atoms with Gasteiger partial charge in [-0.05, 0) is 46.5 Å². The lowest BCUT2D eigenvalue weighted by atomic mass is 10.1. The zero-order valence-corrected chi connectivity index (χ0v) is 11.8. The van der Waals surface area contributed by atoms with E-state index < -0.39 is 0 Å². The van der Waals surface area contributed by atoms with Crippen molar-refractivity contribution in [3.05, 3.63) is 28.5 Å². The van der Waals surface area contributed by atoms with Gasteiger partial charge in [0, 0.05) is 6.61 Å². The van der Waals surface area contributed by atoms with E-state index in [0.717, 1.165) is 13.0 Å². The maximum Gasteiger partial charge on any atom is 0.133 e. The maximum absolute atomic E-state index is 12.8. The molecule has 0 bridgehead atoms. The van der Waals surface area contributed by atoms with Gasteiger partial charge in [0.2, 0.25) is 0 Å². The smallest absolute Gasteiger partial charge is 0.133 e. The fourth-order valence-corrected chi connectivity index (χ4v) is 1.69. The van der Waals surface area contributed by atoms with Gasteiger partial charge in [0.1, 0.15) is 18.2 Å². The molecule has 0 aliphatic rings. The van der Waals surface area contributed by atoms with Crippen LogP contribution in [0.15, 0.2) is 22.7 Å². The molecule has 0 radical (unpaired) electrons. The van der Waals surface area contributed by atoms with Crippen LogP contribution < -0.4 is 4.74 Å². The van der Waals surface area contributed by atoms with Crippen LogP contribution in [0, 0.1) is 11.7 Å². The highest BCUT2D eigenvalue weighted by atomic mass is 79.9. The second-order valence-corrected chi connectivity index (χ2v) is 5.07. The van der Waals surface area contributed by atoms with Crippen LogP contribution in [0.1, 0.15) is 20.3 Å². The molecule has 0 spiro atoms. The van der Waals surface area contributed by atoms with Gasteiger partial charge in [-0.2, -0.15) is 0 Å². The van der Waals surface area contributed by atoms with E-state index in [1.54, 1.807) is 6.07 Å². The molecule has 0 atom stereocenters. The summed E-state index contributed by atoms with van der Waals surface area (Å²) in [5.74, 6) is 1.01. The lowest BCUT2D eigenvalue weighted by Crippen LogP contribution is -2.08. The van der Waals surface area contributed by atoms with Gasteiger partial charge in [-0.15, -0.1) is 0 Å².